The Bertz CT molecular complexity index is 664. The summed E-state index contributed by atoms with van der Waals surface area (Å²) in [5, 5.41) is 17.2. The fraction of sp³-hybridized carbons (Fsp3) is 0.0909. The predicted octanol–water partition coefficient (Wildman–Crippen LogP) is 1.74. The van der Waals surface area contributed by atoms with Crippen LogP contribution in [0, 0.1) is 11.3 Å². The molecule has 0 spiro atoms. The van der Waals surface area contributed by atoms with Crippen LogP contribution in [0.25, 0.3) is 0 Å². The molecule has 2 heterocycles. The van der Waals surface area contributed by atoms with Crippen LogP contribution < -0.4 is 5.43 Å². The molecule has 1 N–H and O–H groups in total. The highest BCUT2D eigenvalue weighted by atomic mass is 79.9. The molecular formula is C11H7BrN6. The number of nitrogens with zero attached hydrogens (tertiary/aromatic N) is 5. The molecule has 0 amide bonds. The smallest absolute Gasteiger partial charge is 0.243 e. The largest absolute Gasteiger partial charge is 0.245 e. The van der Waals surface area contributed by atoms with Crippen molar-refractivity contribution >= 4 is 27.6 Å². The van der Waals surface area contributed by atoms with Crippen LogP contribution in [0.1, 0.15) is 11.1 Å². The summed E-state index contributed by atoms with van der Waals surface area (Å²) in [6, 6.07) is 9.37. The lowest BCUT2D eigenvalue weighted by molar-refractivity contribution is 0.708. The summed E-state index contributed by atoms with van der Waals surface area (Å²) in [7, 11) is 0. The van der Waals surface area contributed by atoms with Gasteiger partial charge in [0, 0.05) is 0 Å². The van der Waals surface area contributed by atoms with Crippen LogP contribution in [0.3, 0.4) is 0 Å². The molecule has 2 aromatic rings. The van der Waals surface area contributed by atoms with E-state index in [1.807, 2.05) is 12.1 Å². The third kappa shape index (κ3) is 1.87. The Kier molecular flexibility index (Phi) is 2.57. The van der Waals surface area contributed by atoms with E-state index in [2.05, 4.69) is 42.6 Å². The maximum atomic E-state index is 8.75. The van der Waals surface area contributed by atoms with Crippen molar-refractivity contribution in [2.24, 2.45) is 5.10 Å². The molecule has 0 atom stereocenters. The number of benzene rings is 1. The summed E-state index contributed by atoms with van der Waals surface area (Å²) in [5.41, 5.74) is 5.28. The normalized spacial score (nSPS) is 13.2. The van der Waals surface area contributed by atoms with Crippen molar-refractivity contribution in [2.45, 2.75) is 6.54 Å². The van der Waals surface area contributed by atoms with Crippen molar-refractivity contribution in [3.05, 3.63) is 40.1 Å². The van der Waals surface area contributed by atoms with Crippen LogP contribution in [0.2, 0.25) is 0 Å². The summed E-state index contributed by atoms with van der Waals surface area (Å²) >= 11 is 3.22. The van der Waals surface area contributed by atoms with E-state index < -0.39 is 0 Å². The number of anilines is 1. The zero-order valence-corrected chi connectivity index (χ0v) is 10.7. The lowest BCUT2D eigenvalue weighted by atomic mass is 10.1. The second kappa shape index (κ2) is 4.23. The molecule has 0 bridgehead atoms. The Hall–Kier alpha value is -2.20. The van der Waals surface area contributed by atoms with Gasteiger partial charge in [0.1, 0.15) is 0 Å². The van der Waals surface area contributed by atoms with Gasteiger partial charge in [-0.1, -0.05) is 12.1 Å². The molecule has 7 heteroatoms. The Morgan fingerprint density at radius 1 is 1.33 bits per heavy atom. The van der Waals surface area contributed by atoms with E-state index in [9.17, 15) is 0 Å². The van der Waals surface area contributed by atoms with Crippen molar-refractivity contribution in [1.82, 2.24) is 14.8 Å². The zero-order chi connectivity index (χ0) is 12.5. The molecule has 1 aliphatic rings. The number of hydrogen-bond acceptors (Lipinski definition) is 5. The molecule has 1 aliphatic heterocycles. The molecule has 18 heavy (non-hydrogen) atoms. The van der Waals surface area contributed by atoms with Crippen LogP contribution in [0.5, 0.6) is 0 Å². The van der Waals surface area contributed by atoms with E-state index in [0.29, 0.717) is 22.8 Å². The Labute approximate surface area is 111 Å². The quantitative estimate of drug-likeness (QED) is 0.870. The molecule has 0 radical (unpaired) electrons. The van der Waals surface area contributed by atoms with E-state index >= 15 is 0 Å². The summed E-state index contributed by atoms with van der Waals surface area (Å²) in [5.74, 6) is 0.610. The van der Waals surface area contributed by atoms with Crippen LogP contribution in [-0.2, 0) is 6.54 Å². The first kappa shape index (κ1) is 10.9. The average Bonchev–Trinajstić information content (AvgIpc) is 2.78. The topological polar surface area (TPSA) is 78.9 Å². The summed E-state index contributed by atoms with van der Waals surface area (Å²) in [6.45, 7) is 0.548. The number of halogens is 1. The van der Waals surface area contributed by atoms with Gasteiger partial charge in [0.25, 0.3) is 0 Å². The van der Waals surface area contributed by atoms with Crippen LogP contribution in [0.4, 0.5) is 5.95 Å². The molecule has 0 fully saturated rings. The lowest BCUT2D eigenvalue weighted by Gasteiger charge is -2.14. The zero-order valence-electron chi connectivity index (χ0n) is 9.13. The predicted molar refractivity (Wildman–Crippen MR) is 69.0 cm³/mol. The number of rotatable bonds is 1. The van der Waals surface area contributed by atoms with Crippen LogP contribution >= 0.6 is 15.9 Å². The SMILES string of the molecule is N#Cc1ccc(C2=NNc3nc(Br)nn3C2)cc1. The monoisotopic (exact) mass is 302 g/mol. The van der Waals surface area contributed by atoms with E-state index in [1.54, 1.807) is 16.8 Å². The third-order valence-corrected chi connectivity index (χ3v) is 2.92. The minimum Gasteiger partial charge on any atom is -0.245 e. The average molecular weight is 303 g/mol. The summed E-state index contributed by atoms with van der Waals surface area (Å²) in [4.78, 5) is 4.11. The van der Waals surface area contributed by atoms with Gasteiger partial charge >= 0.3 is 0 Å². The Balaban J connectivity index is 1.90. The number of aromatic nitrogens is 3. The molecule has 0 unspecified atom stereocenters. The van der Waals surface area contributed by atoms with Gasteiger partial charge in [-0.3, -0.25) is 0 Å². The van der Waals surface area contributed by atoms with Crippen molar-refractivity contribution in [1.29, 1.82) is 5.26 Å². The lowest BCUT2D eigenvalue weighted by Crippen LogP contribution is -2.21. The van der Waals surface area contributed by atoms with Gasteiger partial charge in [0.15, 0.2) is 0 Å². The number of nitriles is 1. The van der Waals surface area contributed by atoms with E-state index in [-0.39, 0.29) is 0 Å². The van der Waals surface area contributed by atoms with Gasteiger partial charge in [-0.2, -0.15) is 15.3 Å². The third-order valence-electron chi connectivity index (χ3n) is 2.58. The van der Waals surface area contributed by atoms with Gasteiger partial charge < -0.3 is 0 Å². The second-order valence-electron chi connectivity index (χ2n) is 3.72. The first-order valence-corrected chi connectivity index (χ1v) is 5.99. The highest BCUT2D eigenvalue weighted by molar-refractivity contribution is 9.10. The van der Waals surface area contributed by atoms with Gasteiger partial charge in [-0.25, -0.2) is 10.1 Å². The first-order chi connectivity index (χ1) is 8.76. The summed E-state index contributed by atoms with van der Waals surface area (Å²) < 4.78 is 2.26. The molecule has 0 saturated carbocycles. The number of nitrogens with one attached hydrogen (secondary N) is 1. The number of fused-ring (bicyclic) bond motifs is 1. The maximum absolute atomic E-state index is 8.75. The highest BCUT2D eigenvalue weighted by Gasteiger charge is 2.16. The molecule has 3 rings (SSSR count). The van der Waals surface area contributed by atoms with Crippen molar-refractivity contribution in [3.8, 4) is 6.07 Å². The fourth-order valence-electron chi connectivity index (χ4n) is 1.70. The highest BCUT2D eigenvalue weighted by Crippen LogP contribution is 2.16. The molecule has 0 aliphatic carbocycles. The molecule has 1 aromatic carbocycles. The Morgan fingerprint density at radius 2 is 2.11 bits per heavy atom. The van der Waals surface area contributed by atoms with Gasteiger partial charge in [0.2, 0.25) is 10.7 Å². The molecule has 88 valence electrons. The standard InChI is InChI=1S/C11H7BrN6/c12-10-14-11-16-15-9(6-18(11)17-10)8-3-1-7(5-13)2-4-8/h1-4H,6H2,(H,14,16,17). The fourth-order valence-corrected chi connectivity index (χ4v) is 2.05. The Morgan fingerprint density at radius 3 is 2.83 bits per heavy atom. The molecular weight excluding hydrogens is 296 g/mol. The van der Waals surface area contributed by atoms with Gasteiger partial charge in [-0.15, -0.1) is 5.10 Å². The molecule has 0 saturated heterocycles. The van der Waals surface area contributed by atoms with Crippen LogP contribution in [0.15, 0.2) is 34.1 Å². The van der Waals surface area contributed by atoms with E-state index in [0.717, 1.165) is 11.3 Å². The van der Waals surface area contributed by atoms with Gasteiger partial charge in [0.05, 0.1) is 23.9 Å². The number of hydrogen-bond donors (Lipinski definition) is 1. The second-order valence-corrected chi connectivity index (χ2v) is 4.43. The van der Waals surface area contributed by atoms with E-state index in [1.165, 1.54) is 0 Å². The minimum absolute atomic E-state index is 0.529. The number of hydrazone groups is 1. The molecule has 6 nitrogen and oxygen atoms in total. The summed E-state index contributed by atoms with van der Waals surface area (Å²) in [6.07, 6.45) is 0. The maximum Gasteiger partial charge on any atom is 0.243 e. The van der Waals surface area contributed by atoms with Crippen LogP contribution in [-0.4, -0.2) is 20.5 Å². The van der Waals surface area contributed by atoms with Crippen molar-refractivity contribution < 1.29 is 0 Å². The first-order valence-electron chi connectivity index (χ1n) is 5.20. The van der Waals surface area contributed by atoms with Crippen molar-refractivity contribution in [2.75, 3.05) is 5.43 Å². The minimum atomic E-state index is 0.529. The molecule has 1 aromatic heterocycles. The van der Waals surface area contributed by atoms with E-state index in [4.69, 9.17) is 5.26 Å². The van der Waals surface area contributed by atoms with Gasteiger partial charge in [-0.05, 0) is 33.6 Å². The van der Waals surface area contributed by atoms with Crippen molar-refractivity contribution in [3.63, 3.8) is 0 Å².